The topological polar surface area (TPSA) is 80.0 Å². The van der Waals surface area contributed by atoms with Crippen molar-refractivity contribution in [1.29, 1.82) is 0 Å². The van der Waals surface area contributed by atoms with Gasteiger partial charge in [0.25, 0.3) is 0 Å². The minimum atomic E-state index is 0.572. The van der Waals surface area contributed by atoms with E-state index in [0.29, 0.717) is 5.95 Å². The number of furan rings is 1. The predicted molar refractivity (Wildman–Crippen MR) is 118 cm³/mol. The van der Waals surface area contributed by atoms with Gasteiger partial charge in [0.05, 0.1) is 23.8 Å². The van der Waals surface area contributed by atoms with Gasteiger partial charge in [-0.3, -0.25) is 9.97 Å². The van der Waals surface area contributed by atoms with E-state index in [1.807, 2.05) is 27.1 Å². The second-order valence-electron chi connectivity index (χ2n) is 7.17. The van der Waals surface area contributed by atoms with Gasteiger partial charge in [-0.05, 0) is 37.1 Å². The standard InChI is InChI=1S/C23H24N6O/c1-16-19(9-13-30-16)22-20(21-15-24-11-12-25-21)14-27-23(28-22)26-10-8-17-4-6-18(7-5-17)29(2)3/h4-7,9,11-15H,8,10H2,1-3H3,(H,26,27,28). The molecule has 152 valence electrons. The molecule has 0 fully saturated rings. The number of anilines is 2. The van der Waals surface area contributed by atoms with Crippen molar-refractivity contribution in [2.24, 2.45) is 0 Å². The molecule has 0 bridgehead atoms. The Hall–Kier alpha value is -3.74. The van der Waals surface area contributed by atoms with Crippen LogP contribution in [0.25, 0.3) is 22.5 Å². The van der Waals surface area contributed by atoms with Gasteiger partial charge in [-0.25, -0.2) is 9.97 Å². The summed E-state index contributed by atoms with van der Waals surface area (Å²) in [7, 11) is 4.08. The molecule has 0 atom stereocenters. The van der Waals surface area contributed by atoms with Crippen molar-refractivity contribution < 1.29 is 4.42 Å². The molecule has 0 spiro atoms. The lowest BCUT2D eigenvalue weighted by Crippen LogP contribution is -2.10. The normalized spacial score (nSPS) is 10.8. The SMILES string of the molecule is Cc1occc1-c1nc(NCCc2ccc(N(C)C)cc2)ncc1-c1cnccn1. The fourth-order valence-electron chi connectivity index (χ4n) is 3.21. The van der Waals surface area contributed by atoms with Crippen molar-refractivity contribution in [2.75, 3.05) is 30.9 Å². The third-order valence-electron chi connectivity index (χ3n) is 4.89. The van der Waals surface area contributed by atoms with E-state index in [-0.39, 0.29) is 0 Å². The van der Waals surface area contributed by atoms with E-state index in [9.17, 15) is 0 Å². The molecule has 0 aliphatic heterocycles. The first-order chi connectivity index (χ1) is 14.6. The van der Waals surface area contributed by atoms with Crippen LogP contribution in [-0.4, -0.2) is 40.6 Å². The lowest BCUT2D eigenvalue weighted by Gasteiger charge is -2.13. The third kappa shape index (κ3) is 4.30. The fraction of sp³-hybridized carbons (Fsp3) is 0.217. The monoisotopic (exact) mass is 400 g/mol. The van der Waals surface area contributed by atoms with Gasteiger partial charge < -0.3 is 14.6 Å². The molecule has 3 heterocycles. The van der Waals surface area contributed by atoms with Crippen molar-refractivity contribution in [2.45, 2.75) is 13.3 Å². The average molecular weight is 400 g/mol. The highest BCUT2D eigenvalue weighted by Gasteiger charge is 2.16. The number of aryl methyl sites for hydroxylation is 1. The molecule has 30 heavy (non-hydrogen) atoms. The maximum absolute atomic E-state index is 5.49. The maximum atomic E-state index is 5.49. The predicted octanol–water partition coefficient (Wildman–Crippen LogP) is 4.22. The Morgan fingerprint density at radius 3 is 2.47 bits per heavy atom. The maximum Gasteiger partial charge on any atom is 0.223 e. The second-order valence-corrected chi connectivity index (χ2v) is 7.17. The van der Waals surface area contributed by atoms with Crippen LogP contribution in [0.5, 0.6) is 0 Å². The van der Waals surface area contributed by atoms with Gasteiger partial charge in [0.2, 0.25) is 5.95 Å². The molecule has 1 N–H and O–H groups in total. The van der Waals surface area contributed by atoms with E-state index < -0.39 is 0 Å². The molecule has 0 radical (unpaired) electrons. The van der Waals surface area contributed by atoms with Crippen LogP contribution in [-0.2, 0) is 6.42 Å². The van der Waals surface area contributed by atoms with Gasteiger partial charge in [0.15, 0.2) is 0 Å². The molecule has 0 aliphatic carbocycles. The number of hydrogen-bond acceptors (Lipinski definition) is 7. The van der Waals surface area contributed by atoms with Gasteiger partial charge in [-0.15, -0.1) is 0 Å². The molecule has 4 aromatic rings. The summed E-state index contributed by atoms with van der Waals surface area (Å²) in [5, 5.41) is 3.33. The fourth-order valence-corrected chi connectivity index (χ4v) is 3.21. The van der Waals surface area contributed by atoms with Crippen LogP contribution in [0.2, 0.25) is 0 Å². The Labute approximate surface area is 175 Å². The summed E-state index contributed by atoms with van der Waals surface area (Å²) < 4.78 is 5.49. The molecule has 0 aliphatic rings. The first-order valence-electron chi connectivity index (χ1n) is 9.80. The first kappa shape index (κ1) is 19.6. The largest absolute Gasteiger partial charge is 0.469 e. The lowest BCUT2D eigenvalue weighted by molar-refractivity contribution is 0.535. The van der Waals surface area contributed by atoms with Crippen LogP contribution < -0.4 is 10.2 Å². The van der Waals surface area contributed by atoms with Crippen LogP contribution in [0, 0.1) is 6.92 Å². The van der Waals surface area contributed by atoms with Gasteiger partial charge in [0.1, 0.15) is 5.76 Å². The summed E-state index contributed by atoms with van der Waals surface area (Å²) in [5.74, 6) is 1.37. The van der Waals surface area contributed by atoms with Crippen molar-refractivity contribution >= 4 is 11.6 Å². The van der Waals surface area contributed by atoms with E-state index in [4.69, 9.17) is 9.40 Å². The zero-order chi connectivity index (χ0) is 20.9. The van der Waals surface area contributed by atoms with E-state index in [1.165, 1.54) is 11.3 Å². The van der Waals surface area contributed by atoms with Gasteiger partial charge in [-0.2, -0.15) is 0 Å². The summed E-state index contributed by atoms with van der Waals surface area (Å²) in [6.07, 6.45) is 9.35. The number of benzene rings is 1. The zero-order valence-electron chi connectivity index (χ0n) is 17.3. The van der Waals surface area contributed by atoms with Gasteiger partial charge >= 0.3 is 0 Å². The Bertz CT molecular complexity index is 1110. The highest BCUT2D eigenvalue weighted by molar-refractivity contribution is 5.79. The van der Waals surface area contributed by atoms with Crippen molar-refractivity contribution in [1.82, 2.24) is 19.9 Å². The molecule has 4 rings (SSSR count). The highest BCUT2D eigenvalue weighted by Crippen LogP contribution is 2.31. The van der Waals surface area contributed by atoms with Crippen molar-refractivity contribution in [3.05, 3.63) is 72.7 Å². The van der Waals surface area contributed by atoms with Crippen LogP contribution in [0.4, 0.5) is 11.6 Å². The summed E-state index contributed by atoms with van der Waals surface area (Å²) in [4.78, 5) is 19.9. The molecule has 0 unspecified atom stereocenters. The molecule has 3 aromatic heterocycles. The number of nitrogens with one attached hydrogen (secondary N) is 1. The number of aromatic nitrogens is 4. The highest BCUT2D eigenvalue weighted by atomic mass is 16.3. The van der Waals surface area contributed by atoms with E-state index >= 15 is 0 Å². The minimum absolute atomic E-state index is 0.572. The van der Waals surface area contributed by atoms with Gasteiger partial charge in [-0.1, -0.05) is 12.1 Å². The molecular formula is C23H24N6O. The van der Waals surface area contributed by atoms with E-state index in [0.717, 1.165) is 41.2 Å². The third-order valence-corrected chi connectivity index (χ3v) is 4.89. The van der Waals surface area contributed by atoms with Crippen LogP contribution in [0.15, 0.2) is 65.8 Å². The minimum Gasteiger partial charge on any atom is -0.469 e. The molecule has 7 heteroatoms. The number of rotatable bonds is 7. The number of hydrogen-bond donors (Lipinski definition) is 1. The Morgan fingerprint density at radius 1 is 0.967 bits per heavy atom. The van der Waals surface area contributed by atoms with Crippen LogP contribution in [0.1, 0.15) is 11.3 Å². The Morgan fingerprint density at radius 2 is 1.80 bits per heavy atom. The summed E-state index contributed by atoms with van der Waals surface area (Å²) >= 11 is 0. The van der Waals surface area contributed by atoms with Crippen molar-refractivity contribution in [3.63, 3.8) is 0 Å². The van der Waals surface area contributed by atoms with Crippen LogP contribution >= 0.6 is 0 Å². The van der Waals surface area contributed by atoms with E-state index in [1.54, 1.807) is 31.1 Å². The first-order valence-corrected chi connectivity index (χ1v) is 9.80. The Balaban J connectivity index is 1.54. The number of nitrogens with zero attached hydrogens (tertiary/aromatic N) is 5. The molecule has 0 saturated heterocycles. The smallest absolute Gasteiger partial charge is 0.223 e. The quantitative estimate of drug-likeness (QED) is 0.497. The molecule has 1 aromatic carbocycles. The zero-order valence-corrected chi connectivity index (χ0v) is 17.3. The summed E-state index contributed by atoms with van der Waals surface area (Å²) in [5.41, 5.74) is 5.68. The van der Waals surface area contributed by atoms with Crippen molar-refractivity contribution in [3.8, 4) is 22.5 Å². The molecular weight excluding hydrogens is 376 g/mol. The summed E-state index contributed by atoms with van der Waals surface area (Å²) in [6.45, 7) is 2.65. The lowest BCUT2D eigenvalue weighted by atomic mass is 10.1. The van der Waals surface area contributed by atoms with Crippen LogP contribution in [0.3, 0.4) is 0 Å². The average Bonchev–Trinajstić information content (AvgIpc) is 3.20. The van der Waals surface area contributed by atoms with E-state index in [2.05, 4.69) is 49.4 Å². The Kier molecular flexibility index (Phi) is 5.70. The van der Waals surface area contributed by atoms with Gasteiger partial charge in [0, 0.05) is 56.0 Å². The molecule has 7 nitrogen and oxygen atoms in total. The molecule has 0 saturated carbocycles. The second kappa shape index (κ2) is 8.73. The molecule has 0 amide bonds. The summed E-state index contributed by atoms with van der Waals surface area (Å²) in [6, 6.07) is 10.5.